The third kappa shape index (κ3) is 2.44. The molecule has 0 saturated carbocycles. The second-order valence-corrected chi connectivity index (χ2v) is 3.81. The van der Waals surface area contributed by atoms with Crippen LogP contribution >= 0.6 is 0 Å². The van der Waals surface area contributed by atoms with Crippen LogP contribution < -0.4 is 34.3 Å². The normalized spacial score (nSPS) is 11.9. The van der Waals surface area contributed by atoms with E-state index in [-0.39, 0.29) is 34.5 Å². The molecule has 0 amide bonds. The van der Waals surface area contributed by atoms with Gasteiger partial charge in [0, 0.05) is 11.6 Å². The van der Waals surface area contributed by atoms with Gasteiger partial charge in [0.15, 0.2) is 0 Å². The third-order valence-corrected chi connectivity index (χ3v) is 2.78. The van der Waals surface area contributed by atoms with Crippen molar-refractivity contribution in [1.82, 2.24) is 4.98 Å². The first-order valence-corrected chi connectivity index (χ1v) is 5.32. The molecule has 1 atom stereocenters. The molecular formula is C10H8NNaO3S. The van der Waals surface area contributed by atoms with Gasteiger partial charge in [0.05, 0.1) is 17.5 Å². The zero-order valence-electron chi connectivity index (χ0n) is 8.97. The van der Waals surface area contributed by atoms with Crippen LogP contribution in [0.5, 0.6) is 5.75 Å². The number of para-hydroxylation sites is 1. The number of ether oxygens (including phenoxy) is 1. The predicted molar refractivity (Wildman–Crippen MR) is 55.5 cm³/mol. The Morgan fingerprint density at radius 2 is 2.12 bits per heavy atom. The minimum atomic E-state index is -2.28. The molecule has 1 heterocycles. The first kappa shape index (κ1) is 13.6. The summed E-state index contributed by atoms with van der Waals surface area (Å²) >= 11 is -2.28. The first-order valence-electron chi connectivity index (χ1n) is 4.25. The van der Waals surface area contributed by atoms with Crippen LogP contribution in [0.1, 0.15) is 0 Å². The minimum absolute atomic E-state index is 0. The van der Waals surface area contributed by atoms with Crippen LogP contribution in [0.15, 0.2) is 35.4 Å². The second-order valence-electron chi connectivity index (χ2n) is 2.90. The van der Waals surface area contributed by atoms with E-state index in [1.807, 2.05) is 0 Å². The van der Waals surface area contributed by atoms with Crippen molar-refractivity contribution in [1.29, 1.82) is 0 Å². The van der Waals surface area contributed by atoms with Crippen molar-refractivity contribution < 1.29 is 43.1 Å². The number of aromatic nitrogens is 1. The van der Waals surface area contributed by atoms with Crippen molar-refractivity contribution in [3.05, 3.63) is 30.5 Å². The minimum Gasteiger partial charge on any atom is -0.768 e. The van der Waals surface area contributed by atoms with E-state index in [9.17, 15) is 8.76 Å². The maximum atomic E-state index is 10.9. The molecule has 1 unspecified atom stereocenters. The number of nitrogens with zero attached hydrogens (tertiary/aromatic N) is 1. The molecule has 1 aromatic carbocycles. The Morgan fingerprint density at radius 3 is 2.75 bits per heavy atom. The Hall–Kier alpha value is -0.460. The zero-order chi connectivity index (χ0) is 10.8. The van der Waals surface area contributed by atoms with Crippen molar-refractivity contribution in [2.75, 3.05) is 7.11 Å². The summed E-state index contributed by atoms with van der Waals surface area (Å²) in [4.78, 5) is 4.22. The fourth-order valence-electron chi connectivity index (χ4n) is 1.44. The number of fused-ring (bicyclic) bond motifs is 1. The van der Waals surface area contributed by atoms with Gasteiger partial charge in [-0.3, -0.25) is 9.19 Å². The molecule has 0 aliphatic carbocycles. The van der Waals surface area contributed by atoms with Gasteiger partial charge in [-0.15, -0.1) is 0 Å². The van der Waals surface area contributed by atoms with Crippen LogP contribution in [0.25, 0.3) is 10.9 Å². The summed E-state index contributed by atoms with van der Waals surface area (Å²) in [6, 6.07) is 6.65. The Labute approximate surface area is 118 Å². The van der Waals surface area contributed by atoms with Crippen molar-refractivity contribution in [3.63, 3.8) is 0 Å². The van der Waals surface area contributed by atoms with Crippen molar-refractivity contribution in [3.8, 4) is 5.75 Å². The Kier molecular flexibility index (Phi) is 4.89. The molecule has 6 heteroatoms. The SMILES string of the molecule is COc1ccnc2c(S(=O)[O-])cccc12.[Na+]. The maximum absolute atomic E-state index is 10.9. The van der Waals surface area contributed by atoms with E-state index in [1.165, 1.54) is 19.4 Å². The molecule has 0 aliphatic rings. The predicted octanol–water partition coefficient (Wildman–Crippen LogP) is -1.51. The number of hydrogen-bond donors (Lipinski definition) is 0. The summed E-state index contributed by atoms with van der Waals surface area (Å²) in [5.74, 6) is 0.618. The summed E-state index contributed by atoms with van der Waals surface area (Å²) < 4.78 is 27.0. The van der Waals surface area contributed by atoms with E-state index in [4.69, 9.17) is 4.74 Å². The Balaban J connectivity index is 0.00000128. The quantitative estimate of drug-likeness (QED) is 0.476. The molecular weight excluding hydrogens is 237 g/mol. The number of hydrogen-bond acceptors (Lipinski definition) is 4. The van der Waals surface area contributed by atoms with Crippen molar-refractivity contribution >= 4 is 22.0 Å². The maximum Gasteiger partial charge on any atom is 1.00 e. The Morgan fingerprint density at radius 1 is 1.38 bits per heavy atom. The molecule has 0 saturated heterocycles. The zero-order valence-corrected chi connectivity index (χ0v) is 11.8. The first-order chi connectivity index (χ1) is 7.24. The van der Waals surface area contributed by atoms with E-state index >= 15 is 0 Å². The third-order valence-electron chi connectivity index (χ3n) is 2.09. The van der Waals surface area contributed by atoms with Gasteiger partial charge >= 0.3 is 29.6 Å². The number of benzene rings is 1. The van der Waals surface area contributed by atoms with E-state index < -0.39 is 11.1 Å². The summed E-state index contributed by atoms with van der Waals surface area (Å²) in [5, 5.41) is 0.696. The summed E-state index contributed by atoms with van der Waals surface area (Å²) in [6.07, 6.45) is 1.53. The largest absolute Gasteiger partial charge is 1.00 e. The van der Waals surface area contributed by atoms with E-state index in [0.717, 1.165) is 0 Å². The van der Waals surface area contributed by atoms with Crippen molar-refractivity contribution in [2.45, 2.75) is 4.90 Å². The fourth-order valence-corrected chi connectivity index (χ4v) is 1.95. The molecule has 0 fully saturated rings. The van der Waals surface area contributed by atoms with Gasteiger partial charge in [-0.05, 0) is 29.3 Å². The summed E-state index contributed by atoms with van der Waals surface area (Å²) in [5.41, 5.74) is 0.435. The Bertz CT molecular complexity index is 532. The molecule has 0 aliphatic heterocycles. The fraction of sp³-hybridized carbons (Fsp3) is 0.100. The molecule has 78 valence electrons. The molecule has 4 nitrogen and oxygen atoms in total. The van der Waals surface area contributed by atoms with Crippen LogP contribution in [-0.4, -0.2) is 20.9 Å². The van der Waals surface area contributed by atoms with E-state index in [1.54, 1.807) is 18.2 Å². The van der Waals surface area contributed by atoms with Crippen LogP contribution in [0.3, 0.4) is 0 Å². The van der Waals surface area contributed by atoms with Crippen LogP contribution in [0.4, 0.5) is 0 Å². The number of pyridine rings is 1. The molecule has 0 bridgehead atoms. The van der Waals surface area contributed by atoms with E-state index in [2.05, 4.69) is 4.98 Å². The van der Waals surface area contributed by atoms with Crippen LogP contribution in [0, 0.1) is 0 Å². The topological polar surface area (TPSA) is 62.2 Å². The van der Waals surface area contributed by atoms with Gasteiger partial charge in [-0.25, -0.2) is 0 Å². The molecule has 0 radical (unpaired) electrons. The summed E-state index contributed by atoms with van der Waals surface area (Å²) in [6.45, 7) is 0. The average Bonchev–Trinajstić information content (AvgIpc) is 2.27. The van der Waals surface area contributed by atoms with Crippen LogP contribution in [0.2, 0.25) is 0 Å². The standard InChI is InChI=1S/C10H9NO3S.Na/c1-14-8-5-6-11-10-7(8)3-2-4-9(10)15(12)13;/h2-6H,1H3,(H,12,13);/q;+1/p-1. The van der Waals surface area contributed by atoms with Gasteiger partial charge < -0.3 is 9.29 Å². The molecule has 2 rings (SSSR count). The van der Waals surface area contributed by atoms with Crippen LogP contribution in [-0.2, 0) is 11.1 Å². The van der Waals surface area contributed by atoms with E-state index in [0.29, 0.717) is 16.7 Å². The van der Waals surface area contributed by atoms with Gasteiger partial charge in [0.1, 0.15) is 5.75 Å². The molecule has 2 aromatic rings. The summed E-state index contributed by atoms with van der Waals surface area (Å²) in [7, 11) is 1.54. The van der Waals surface area contributed by atoms with Crippen molar-refractivity contribution in [2.24, 2.45) is 0 Å². The molecule has 1 aromatic heterocycles. The van der Waals surface area contributed by atoms with Gasteiger partial charge in [0.2, 0.25) is 0 Å². The average molecular weight is 245 g/mol. The van der Waals surface area contributed by atoms with Gasteiger partial charge in [-0.2, -0.15) is 0 Å². The molecule has 16 heavy (non-hydrogen) atoms. The number of rotatable bonds is 2. The monoisotopic (exact) mass is 245 g/mol. The van der Waals surface area contributed by atoms with Gasteiger partial charge in [-0.1, -0.05) is 6.07 Å². The second kappa shape index (κ2) is 5.75. The molecule has 0 N–H and O–H groups in total. The number of methoxy groups -OCH3 is 1. The smallest absolute Gasteiger partial charge is 0.768 e. The molecule has 0 spiro atoms. The van der Waals surface area contributed by atoms with Gasteiger partial charge in [0.25, 0.3) is 0 Å².